The van der Waals surface area contributed by atoms with Crippen LogP contribution in [0.5, 0.6) is 0 Å². The maximum atomic E-state index is 12.8. The molecule has 0 atom stereocenters. The highest BCUT2D eigenvalue weighted by atomic mass is 16.5. The van der Waals surface area contributed by atoms with Crippen LogP contribution in [0.4, 0.5) is 11.4 Å². The number of fused-ring (bicyclic) bond motifs is 1. The Morgan fingerprint density at radius 3 is 2.50 bits per heavy atom. The first-order chi connectivity index (χ1) is 11.7. The van der Waals surface area contributed by atoms with Crippen molar-refractivity contribution in [3.05, 3.63) is 53.9 Å². The monoisotopic (exact) mass is 325 g/mol. The van der Waals surface area contributed by atoms with Gasteiger partial charge in [0.15, 0.2) is 0 Å². The van der Waals surface area contributed by atoms with Crippen molar-refractivity contribution in [2.24, 2.45) is 0 Å². The molecule has 2 aromatic rings. The van der Waals surface area contributed by atoms with Gasteiger partial charge >= 0.3 is 5.97 Å². The number of carbonyl (C=O) groups is 2. The van der Waals surface area contributed by atoms with E-state index in [0.717, 1.165) is 24.5 Å². The Labute approximate surface area is 140 Å². The van der Waals surface area contributed by atoms with Gasteiger partial charge in [-0.05, 0) is 31.2 Å². The highest BCUT2D eigenvalue weighted by molar-refractivity contribution is 6.07. The fourth-order valence-electron chi connectivity index (χ4n) is 2.86. The number of hydrogen-bond acceptors (Lipinski definition) is 5. The molecule has 1 aromatic carbocycles. The molecule has 2 heterocycles. The van der Waals surface area contributed by atoms with Gasteiger partial charge in [-0.25, -0.2) is 4.79 Å². The summed E-state index contributed by atoms with van der Waals surface area (Å²) < 4.78 is 4.64. The molecule has 0 saturated heterocycles. The second-order valence-corrected chi connectivity index (χ2v) is 5.45. The zero-order valence-electron chi connectivity index (χ0n) is 13.7. The molecule has 0 radical (unpaired) electrons. The number of anilines is 2. The Morgan fingerprint density at radius 2 is 1.88 bits per heavy atom. The molecular weight excluding hydrogens is 306 g/mol. The fourth-order valence-corrected chi connectivity index (χ4v) is 2.86. The second-order valence-electron chi connectivity index (χ2n) is 5.45. The van der Waals surface area contributed by atoms with Gasteiger partial charge in [0.05, 0.1) is 24.0 Å². The molecule has 124 valence electrons. The van der Waals surface area contributed by atoms with Crippen LogP contribution in [-0.4, -0.2) is 43.6 Å². The Morgan fingerprint density at radius 1 is 1.12 bits per heavy atom. The third kappa shape index (κ3) is 2.82. The molecule has 1 aliphatic rings. The number of ether oxygens (including phenoxy) is 1. The lowest BCUT2D eigenvalue weighted by Gasteiger charge is -2.37. The second kappa shape index (κ2) is 6.70. The number of hydrogen-bond donors (Lipinski definition) is 0. The first kappa shape index (κ1) is 16.0. The van der Waals surface area contributed by atoms with Crippen LogP contribution in [0, 0.1) is 0 Å². The summed E-state index contributed by atoms with van der Waals surface area (Å²) in [5, 5.41) is 0. The Hall–Kier alpha value is -2.89. The van der Waals surface area contributed by atoms with E-state index in [1.54, 1.807) is 17.0 Å². The molecule has 0 fully saturated rings. The number of nitrogens with zero attached hydrogens (tertiary/aromatic N) is 3. The van der Waals surface area contributed by atoms with Crippen molar-refractivity contribution < 1.29 is 14.3 Å². The van der Waals surface area contributed by atoms with Crippen LogP contribution in [0.15, 0.2) is 42.6 Å². The Kier molecular flexibility index (Phi) is 4.46. The van der Waals surface area contributed by atoms with Crippen molar-refractivity contribution >= 4 is 23.3 Å². The molecule has 6 nitrogen and oxygen atoms in total. The number of likely N-dealkylation sites (N-methyl/N-ethyl adjacent to an activating group) is 1. The highest BCUT2D eigenvalue weighted by Crippen LogP contribution is 2.33. The predicted octanol–water partition coefficient (Wildman–Crippen LogP) is 2.35. The van der Waals surface area contributed by atoms with Gasteiger partial charge in [-0.15, -0.1) is 0 Å². The summed E-state index contributed by atoms with van der Waals surface area (Å²) in [5.41, 5.74) is 2.56. The lowest BCUT2D eigenvalue weighted by atomic mass is 10.1. The zero-order chi connectivity index (χ0) is 17.1. The lowest BCUT2D eigenvalue weighted by molar-refractivity contribution is 0.0600. The van der Waals surface area contributed by atoms with Gasteiger partial charge < -0.3 is 14.5 Å². The van der Waals surface area contributed by atoms with Crippen LogP contribution in [0.2, 0.25) is 0 Å². The largest absolute Gasteiger partial charge is 0.465 e. The summed E-state index contributed by atoms with van der Waals surface area (Å²) in [6, 6.07) is 11.0. The van der Waals surface area contributed by atoms with E-state index in [2.05, 4.69) is 21.5 Å². The molecule has 0 spiro atoms. The molecule has 0 saturated carbocycles. The minimum absolute atomic E-state index is 0.172. The van der Waals surface area contributed by atoms with Crippen molar-refractivity contribution in [1.82, 2.24) is 4.98 Å². The summed E-state index contributed by atoms with van der Waals surface area (Å²) in [4.78, 5) is 32.4. The normalized spacial score (nSPS) is 13.4. The van der Waals surface area contributed by atoms with Gasteiger partial charge in [-0.1, -0.05) is 12.1 Å². The highest BCUT2D eigenvalue weighted by Gasteiger charge is 2.27. The summed E-state index contributed by atoms with van der Waals surface area (Å²) in [7, 11) is 1.31. The first-order valence-electron chi connectivity index (χ1n) is 7.86. The molecular formula is C18H19N3O3. The Balaban J connectivity index is 1.89. The van der Waals surface area contributed by atoms with E-state index in [9.17, 15) is 9.59 Å². The van der Waals surface area contributed by atoms with Crippen molar-refractivity contribution in [3.8, 4) is 0 Å². The molecule has 1 aromatic heterocycles. The minimum atomic E-state index is -0.469. The molecule has 1 amide bonds. The average molecular weight is 325 g/mol. The molecule has 6 heteroatoms. The number of methoxy groups -OCH3 is 1. The maximum Gasteiger partial charge on any atom is 0.339 e. The van der Waals surface area contributed by atoms with Gasteiger partial charge in [0.25, 0.3) is 5.91 Å². The number of rotatable bonds is 3. The van der Waals surface area contributed by atoms with Crippen LogP contribution in [0.3, 0.4) is 0 Å². The third-order valence-corrected chi connectivity index (χ3v) is 4.14. The topological polar surface area (TPSA) is 62.7 Å². The van der Waals surface area contributed by atoms with Gasteiger partial charge in [-0.2, -0.15) is 0 Å². The van der Waals surface area contributed by atoms with Crippen molar-refractivity contribution in [3.63, 3.8) is 0 Å². The maximum absolute atomic E-state index is 12.8. The summed E-state index contributed by atoms with van der Waals surface area (Å²) in [5.74, 6) is -0.641. The first-order valence-corrected chi connectivity index (χ1v) is 7.86. The Bertz CT molecular complexity index is 758. The van der Waals surface area contributed by atoms with Gasteiger partial charge in [0, 0.05) is 25.8 Å². The molecule has 1 aliphatic heterocycles. The van der Waals surface area contributed by atoms with E-state index in [1.807, 2.05) is 24.3 Å². The van der Waals surface area contributed by atoms with Gasteiger partial charge in [-0.3, -0.25) is 9.78 Å². The predicted molar refractivity (Wildman–Crippen MR) is 91.6 cm³/mol. The number of carbonyl (C=O) groups excluding carboxylic acids is 2. The molecule has 24 heavy (non-hydrogen) atoms. The fraction of sp³-hybridized carbons (Fsp3) is 0.278. The van der Waals surface area contributed by atoms with Crippen LogP contribution >= 0.6 is 0 Å². The van der Waals surface area contributed by atoms with Gasteiger partial charge in [0.2, 0.25) is 0 Å². The van der Waals surface area contributed by atoms with E-state index in [-0.39, 0.29) is 5.91 Å². The van der Waals surface area contributed by atoms with Crippen molar-refractivity contribution in [1.29, 1.82) is 0 Å². The third-order valence-electron chi connectivity index (χ3n) is 4.14. The molecule has 0 unspecified atom stereocenters. The number of pyridine rings is 1. The van der Waals surface area contributed by atoms with E-state index in [4.69, 9.17) is 0 Å². The number of para-hydroxylation sites is 2. The van der Waals surface area contributed by atoms with Crippen LogP contribution < -0.4 is 9.80 Å². The smallest absolute Gasteiger partial charge is 0.339 e. The van der Waals surface area contributed by atoms with Crippen LogP contribution in [0.1, 0.15) is 27.8 Å². The van der Waals surface area contributed by atoms with E-state index in [0.29, 0.717) is 17.8 Å². The number of benzene rings is 1. The van der Waals surface area contributed by atoms with Gasteiger partial charge in [0.1, 0.15) is 5.69 Å². The van der Waals surface area contributed by atoms with Crippen molar-refractivity contribution in [2.45, 2.75) is 6.92 Å². The molecule has 0 aliphatic carbocycles. The average Bonchev–Trinajstić information content (AvgIpc) is 2.66. The summed E-state index contributed by atoms with van der Waals surface area (Å²) in [6.45, 7) is 4.37. The van der Waals surface area contributed by atoms with E-state index >= 15 is 0 Å². The van der Waals surface area contributed by atoms with Crippen molar-refractivity contribution in [2.75, 3.05) is 36.5 Å². The van der Waals surface area contributed by atoms with E-state index < -0.39 is 5.97 Å². The zero-order valence-corrected chi connectivity index (χ0v) is 13.7. The van der Waals surface area contributed by atoms with Crippen LogP contribution in [-0.2, 0) is 4.74 Å². The lowest BCUT2D eigenvalue weighted by Crippen LogP contribution is -2.44. The number of aromatic nitrogens is 1. The molecule has 3 rings (SSSR count). The SMILES string of the molecule is CCN1CCN(C(=O)c2ccc(C(=O)OC)cn2)c2ccccc21. The summed E-state index contributed by atoms with van der Waals surface area (Å²) >= 11 is 0. The standard InChI is InChI=1S/C18H19N3O3/c1-3-20-10-11-21(16-7-5-4-6-15(16)20)17(22)14-9-8-13(12-19-14)18(23)24-2/h4-9,12H,3,10-11H2,1-2H3. The van der Waals surface area contributed by atoms with E-state index in [1.165, 1.54) is 13.3 Å². The molecule has 0 N–H and O–H groups in total. The molecule has 0 bridgehead atoms. The minimum Gasteiger partial charge on any atom is -0.465 e. The number of amides is 1. The van der Waals surface area contributed by atoms with Crippen LogP contribution in [0.25, 0.3) is 0 Å². The quantitative estimate of drug-likeness (QED) is 0.811. The summed E-state index contributed by atoms with van der Waals surface area (Å²) in [6.07, 6.45) is 1.37. The number of esters is 1.